The second-order valence-corrected chi connectivity index (χ2v) is 9.65. The van der Waals surface area contributed by atoms with E-state index in [-0.39, 0.29) is 16.7 Å². The molecule has 0 bridgehead atoms. The summed E-state index contributed by atoms with van der Waals surface area (Å²) in [4.78, 5) is 27.3. The Morgan fingerprint density at radius 3 is 2.19 bits per heavy atom. The summed E-state index contributed by atoms with van der Waals surface area (Å²) in [5.41, 5.74) is -3.23. The maximum Gasteiger partial charge on any atom is 0.336 e. The van der Waals surface area contributed by atoms with Crippen molar-refractivity contribution in [1.82, 2.24) is 9.96 Å². The standard InChI is InChI=1S/C25H27N2O5/c1-23(2)14-20(24(3,4)27(23)32)26-15-18(16-10-6-5-7-11-16)21(28)25(26,31)19-13-9-8-12-17(19)22(29)30/h5-13,15,20,31H,14H2,1-4H3,(H,29,30)/q-1. The molecular formula is C25H27N2O5-. The summed E-state index contributed by atoms with van der Waals surface area (Å²) in [6.45, 7) is 7.21. The van der Waals surface area contributed by atoms with Gasteiger partial charge in [0.05, 0.1) is 11.6 Å². The minimum absolute atomic E-state index is 0.0161. The van der Waals surface area contributed by atoms with E-state index in [1.165, 1.54) is 17.0 Å². The fourth-order valence-corrected chi connectivity index (χ4v) is 5.13. The highest BCUT2D eigenvalue weighted by Gasteiger charge is 2.59. The molecule has 1 fully saturated rings. The van der Waals surface area contributed by atoms with Crippen molar-refractivity contribution >= 4 is 17.3 Å². The maximum absolute atomic E-state index is 13.8. The first-order valence-corrected chi connectivity index (χ1v) is 10.6. The number of Topliss-reactive ketones (excluding diaryl/α,β-unsaturated/α-hetero) is 1. The van der Waals surface area contributed by atoms with Gasteiger partial charge in [0.1, 0.15) is 0 Å². The molecule has 32 heavy (non-hydrogen) atoms. The van der Waals surface area contributed by atoms with E-state index in [0.29, 0.717) is 12.0 Å². The van der Waals surface area contributed by atoms with Gasteiger partial charge < -0.3 is 25.4 Å². The minimum Gasteiger partial charge on any atom is -0.784 e. The highest BCUT2D eigenvalue weighted by atomic mass is 16.5. The molecule has 0 amide bonds. The molecule has 0 aromatic heterocycles. The first-order valence-electron chi connectivity index (χ1n) is 10.6. The molecule has 0 spiro atoms. The van der Waals surface area contributed by atoms with E-state index in [1.807, 2.05) is 19.9 Å². The van der Waals surface area contributed by atoms with Crippen LogP contribution in [0.1, 0.15) is 55.6 Å². The molecule has 7 heteroatoms. The van der Waals surface area contributed by atoms with Gasteiger partial charge in [0, 0.05) is 28.4 Å². The molecule has 2 aromatic carbocycles. The number of ketones is 1. The van der Waals surface area contributed by atoms with Crippen LogP contribution in [0.5, 0.6) is 0 Å². The lowest BCUT2D eigenvalue weighted by Crippen LogP contribution is -2.57. The lowest BCUT2D eigenvalue weighted by Gasteiger charge is -2.50. The van der Waals surface area contributed by atoms with E-state index >= 15 is 0 Å². The van der Waals surface area contributed by atoms with Crippen molar-refractivity contribution in [2.75, 3.05) is 0 Å². The van der Waals surface area contributed by atoms with Crippen LogP contribution < -0.4 is 0 Å². The zero-order valence-electron chi connectivity index (χ0n) is 18.6. The number of carboxylic acid groups (broad SMARTS) is 1. The Morgan fingerprint density at radius 2 is 1.62 bits per heavy atom. The van der Waals surface area contributed by atoms with Crippen molar-refractivity contribution in [3.05, 3.63) is 82.7 Å². The lowest BCUT2D eigenvalue weighted by atomic mass is 9.86. The zero-order chi connectivity index (χ0) is 23.5. The predicted octanol–water partition coefficient (Wildman–Crippen LogP) is 3.59. The number of hydrogen-bond donors (Lipinski definition) is 2. The Balaban J connectivity index is 1.95. The number of hydrogen-bond acceptors (Lipinski definition) is 6. The molecule has 168 valence electrons. The summed E-state index contributed by atoms with van der Waals surface area (Å²) >= 11 is 0. The summed E-state index contributed by atoms with van der Waals surface area (Å²) in [7, 11) is 0. The van der Waals surface area contributed by atoms with Crippen LogP contribution in [0.4, 0.5) is 0 Å². The van der Waals surface area contributed by atoms with Crippen molar-refractivity contribution in [1.29, 1.82) is 0 Å². The molecule has 2 aliphatic rings. The summed E-state index contributed by atoms with van der Waals surface area (Å²) in [5.74, 6) is -1.86. The van der Waals surface area contributed by atoms with Gasteiger partial charge in [-0.3, -0.25) is 4.79 Å². The summed E-state index contributed by atoms with van der Waals surface area (Å²) in [6, 6.07) is 14.3. The fraction of sp³-hybridized carbons (Fsp3) is 0.360. The Labute approximate surface area is 187 Å². The number of carboxylic acids is 1. The van der Waals surface area contributed by atoms with Gasteiger partial charge in [-0.25, -0.2) is 4.79 Å². The molecule has 0 aliphatic carbocycles. The lowest BCUT2D eigenvalue weighted by molar-refractivity contribution is -0.154. The van der Waals surface area contributed by atoms with Crippen molar-refractivity contribution in [3.8, 4) is 0 Å². The Kier molecular flexibility index (Phi) is 5.04. The molecule has 2 atom stereocenters. The van der Waals surface area contributed by atoms with Gasteiger partial charge in [0.15, 0.2) is 0 Å². The van der Waals surface area contributed by atoms with E-state index in [4.69, 9.17) is 0 Å². The average Bonchev–Trinajstić information content (AvgIpc) is 3.11. The molecule has 1 saturated heterocycles. The molecule has 7 nitrogen and oxygen atoms in total. The highest BCUT2D eigenvalue weighted by Crippen LogP contribution is 2.50. The summed E-state index contributed by atoms with van der Waals surface area (Å²) in [5, 5.41) is 35.9. The SMILES string of the molecule is CC1(C)CC(N2C=C(c3ccccc3)C(=O)C2(O)c2ccccc2C(=O)O)C(C)(C)N1[O-]. The number of rotatable bonds is 4. The van der Waals surface area contributed by atoms with E-state index < -0.39 is 34.6 Å². The normalized spacial score (nSPS) is 26.9. The van der Waals surface area contributed by atoms with Crippen LogP contribution in [0, 0.1) is 5.21 Å². The van der Waals surface area contributed by atoms with Gasteiger partial charge in [-0.1, -0.05) is 48.5 Å². The van der Waals surface area contributed by atoms with Crippen LogP contribution in [0.2, 0.25) is 0 Å². The number of hydroxylamine groups is 2. The number of carbonyl (C=O) groups is 2. The largest absolute Gasteiger partial charge is 0.784 e. The average molecular weight is 436 g/mol. The number of aromatic carboxylic acids is 1. The molecule has 2 aliphatic heterocycles. The zero-order valence-corrected chi connectivity index (χ0v) is 18.6. The molecule has 4 rings (SSSR count). The van der Waals surface area contributed by atoms with E-state index in [2.05, 4.69) is 0 Å². The Bertz CT molecular complexity index is 1110. The van der Waals surface area contributed by atoms with Crippen molar-refractivity contribution < 1.29 is 19.8 Å². The molecule has 0 saturated carbocycles. The van der Waals surface area contributed by atoms with Crippen molar-refractivity contribution in [3.63, 3.8) is 0 Å². The first kappa shape index (κ1) is 22.2. The van der Waals surface area contributed by atoms with Crippen LogP contribution in [0.25, 0.3) is 5.57 Å². The van der Waals surface area contributed by atoms with Crippen LogP contribution in [0.15, 0.2) is 60.8 Å². The van der Waals surface area contributed by atoms with E-state index in [9.17, 15) is 25.0 Å². The van der Waals surface area contributed by atoms with Gasteiger partial charge in [-0.05, 0) is 45.7 Å². The second-order valence-electron chi connectivity index (χ2n) is 9.65. The van der Waals surface area contributed by atoms with Gasteiger partial charge in [0.2, 0.25) is 11.5 Å². The number of benzene rings is 2. The number of nitrogens with zero attached hydrogens (tertiary/aromatic N) is 2. The highest BCUT2D eigenvalue weighted by molar-refractivity contribution is 6.26. The molecular weight excluding hydrogens is 408 g/mol. The number of carbonyl (C=O) groups excluding carboxylic acids is 1. The third-order valence-electron chi connectivity index (χ3n) is 6.74. The maximum atomic E-state index is 13.8. The predicted molar refractivity (Wildman–Crippen MR) is 120 cm³/mol. The summed E-state index contributed by atoms with van der Waals surface area (Å²) < 4.78 is 0. The first-order chi connectivity index (χ1) is 14.9. The van der Waals surface area contributed by atoms with Crippen LogP contribution in [0.3, 0.4) is 0 Å². The number of aliphatic hydroxyl groups is 1. The molecule has 2 N–H and O–H groups in total. The third-order valence-corrected chi connectivity index (χ3v) is 6.74. The van der Waals surface area contributed by atoms with Crippen molar-refractivity contribution in [2.24, 2.45) is 0 Å². The topological polar surface area (TPSA) is 104 Å². The smallest absolute Gasteiger partial charge is 0.336 e. The molecule has 2 heterocycles. The Morgan fingerprint density at radius 1 is 1.03 bits per heavy atom. The van der Waals surface area contributed by atoms with Gasteiger partial charge in [-0.15, -0.1) is 0 Å². The van der Waals surface area contributed by atoms with Crippen LogP contribution in [-0.4, -0.2) is 49.0 Å². The van der Waals surface area contributed by atoms with Gasteiger partial charge >= 0.3 is 5.97 Å². The molecule has 0 radical (unpaired) electrons. The minimum atomic E-state index is -2.26. The van der Waals surface area contributed by atoms with E-state index in [1.54, 1.807) is 56.4 Å². The molecule has 2 unspecified atom stereocenters. The van der Waals surface area contributed by atoms with Crippen LogP contribution in [-0.2, 0) is 10.5 Å². The van der Waals surface area contributed by atoms with Gasteiger partial charge in [0.25, 0.3) is 0 Å². The van der Waals surface area contributed by atoms with Crippen LogP contribution >= 0.6 is 0 Å². The van der Waals surface area contributed by atoms with Crippen molar-refractivity contribution in [2.45, 2.75) is 57.0 Å². The van der Waals surface area contributed by atoms with E-state index in [0.717, 1.165) is 5.06 Å². The monoisotopic (exact) mass is 435 g/mol. The summed E-state index contributed by atoms with van der Waals surface area (Å²) in [6.07, 6.45) is 1.96. The molecule has 2 aromatic rings. The van der Waals surface area contributed by atoms with Gasteiger partial charge in [-0.2, -0.15) is 0 Å². The quantitative estimate of drug-likeness (QED) is 0.756. The second kappa shape index (κ2) is 7.27. The third kappa shape index (κ3) is 3.08. The fourth-order valence-electron chi connectivity index (χ4n) is 5.13. The Hall–Kier alpha value is -3.00.